The van der Waals surface area contributed by atoms with Crippen molar-refractivity contribution in [3.8, 4) is 0 Å². The van der Waals surface area contributed by atoms with Gasteiger partial charge in [-0.05, 0) is 47.3 Å². The van der Waals surface area contributed by atoms with Crippen molar-refractivity contribution in [2.24, 2.45) is 9.98 Å². The van der Waals surface area contributed by atoms with Crippen LogP contribution < -0.4 is 4.90 Å². The molecular formula is C25H25FN4O. The Labute approximate surface area is 180 Å². The van der Waals surface area contributed by atoms with Gasteiger partial charge < -0.3 is 24.2 Å². The zero-order valence-corrected chi connectivity index (χ0v) is 17.4. The number of quaternary nitrogens is 1. The molecule has 0 unspecified atom stereocenters. The summed E-state index contributed by atoms with van der Waals surface area (Å²) in [7, 11) is 0. The molecule has 1 N–H and O–H groups in total. The molecule has 0 radical (unpaired) electrons. The molecule has 1 fully saturated rings. The van der Waals surface area contributed by atoms with Crippen LogP contribution in [0.5, 0.6) is 0 Å². The van der Waals surface area contributed by atoms with Crippen molar-refractivity contribution in [2.75, 3.05) is 19.6 Å². The Morgan fingerprint density at radius 3 is 2.58 bits per heavy atom. The molecule has 5 nitrogen and oxygen atoms in total. The SMILES string of the molecule is O=C1N=[C-]N=C1Cc1ccc2ccn(C3CC[NH+](CCc4ccc(F)cc4)CC3)c2c1. The molecule has 2 aliphatic rings. The Morgan fingerprint density at radius 2 is 1.84 bits per heavy atom. The lowest BCUT2D eigenvalue weighted by Gasteiger charge is -2.30. The first-order valence-corrected chi connectivity index (χ1v) is 10.9. The number of carbonyl (C=O) groups is 1. The molecule has 1 amide bonds. The Morgan fingerprint density at radius 1 is 1.06 bits per heavy atom. The van der Waals surface area contributed by atoms with Crippen LogP contribution >= 0.6 is 0 Å². The smallest absolute Gasteiger partial charge is 0.132 e. The van der Waals surface area contributed by atoms with Crippen LogP contribution in [0.3, 0.4) is 0 Å². The van der Waals surface area contributed by atoms with Crippen molar-refractivity contribution in [3.05, 3.63) is 71.7 Å². The second-order valence-electron chi connectivity index (χ2n) is 8.48. The van der Waals surface area contributed by atoms with Gasteiger partial charge in [0.2, 0.25) is 0 Å². The molecule has 0 atom stereocenters. The minimum absolute atomic E-state index is 0.173. The van der Waals surface area contributed by atoms with Crippen molar-refractivity contribution in [1.82, 2.24) is 4.57 Å². The van der Waals surface area contributed by atoms with Gasteiger partial charge in [-0.3, -0.25) is 0 Å². The number of aliphatic imine (C=N–C) groups is 2. The minimum atomic E-state index is -0.286. The van der Waals surface area contributed by atoms with Crippen molar-refractivity contribution < 1.29 is 14.1 Å². The van der Waals surface area contributed by atoms with Gasteiger partial charge >= 0.3 is 0 Å². The number of aromatic nitrogens is 1. The average Bonchev–Trinajstić information content (AvgIpc) is 3.40. The van der Waals surface area contributed by atoms with Gasteiger partial charge in [0.05, 0.1) is 19.6 Å². The molecule has 3 aromatic rings. The summed E-state index contributed by atoms with van der Waals surface area (Å²) in [6, 6.07) is 15.9. The number of fused-ring (bicyclic) bond motifs is 1. The topological polar surface area (TPSA) is 51.2 Å². The third kappa shape index (κ3) is 4.35. The van der Waals surface area contributed by atoms with Crippen LogP contribution in [0, 0.1) is 5.82 Å². The van der Waals surface area contributed by atoms with Crippen molar-refractivity contribution in [1.29, 1.82) is 0 Å². The van der Waals surface area contributed by atoms with Crippen LogP contribution in [0.2, 0.25) is 0 Å². The standard InChI is InChI=1S/C25H24FN4O/c26-21-5-2-18(3-6-21)7-11-29-12-9-22(10-13-29)30-14-8-20-4-1-19(16-24(20)30)15-23-25(31)28-17-27-23/h1-6,8,14,16,22H,7,9-13,15H2/q-1/p+1. The molecule has 1 saturated heterocycles. The molecule has 0 saturated carbocycles. The molecule has 1 aromatic heterocycles. The normalized spacial score (nSPS) is 21.1. The summed E-state index contributed by atoms with van der Waals surface area (Å²) in [5.74, 6) is -0.458. The summed E-state index contributed by atoms with van der Waals surface area (Å²) in [6.45, 7) is 3.37. The maximum Gasteiger partial charge on any atom is 0.132 e. The Balaban J connectivity index is 1.22. The Hall–Kier alpha value is -3.12. The van der Waals surface area contributed by atoms with E-state index in [1.54, 1.807) is 17.0 Å². The summed E-state index contributed by atoms with van der Waals surface area (Å²) in [5, 5.41) is 1.22. The molecule has 6 heteroatoms. The number of likely N-dealkylation sites (tertiary alicyclic amines) is 1. The maximum absolute atomic E-state index is 13.1. The average molecular weight is 417 g/mol. The number of carbonyl (C=O) groups excluding carboxylic acids is 1. The highest BCUT2D eigenvalue weighted by Gasteiger charge is 2.24. The van der Waals surface area contributed by atoms with E-state index >= 15 is 0 Å². The van der Waals surface area contributed by atoms with Crippen molar-refractivity contribution in [3.63, 3.8) is 0 Å². The van der Waals surface area contributed by atoms with Gasteiger partial charge in [0.15, 0.2) is 0 Å². The van der Waals surface area contributed by atoms with Gasteiger partial charge in [-0.15, -0.1) is 0 Å². The fourth-order valence-electron chi connectivity index (χ4n) is 4.69. The molecule has 0 bridgehead atoms. The van der Waals surface area contributed by atoms with E-state index in [-0.39, 0.29) is 11.7 Å². The lowest BCUT2D eigenvalue weighted by atomic mass is 10.0. The third-order valence-electron chi connectivity index (χ3n) is 6.48. The second-order valence-corrected chi connectivity index (χ2v) is 8.48. The molecule has 0 aliphatic carbocycles. The largest absolute Gasteiger partial charge is 0.377 e. The highest BCUT2D eigenvalue weighted by atomic mass is 19.1. The number of halogens is 1. The number of benzene rings is 2. The highest BCUT2D eigenvalue weighted by Crippen LogP contribution is 2.26. The van der Waals surface area contributed by atoms with E-state index in [0.29, 0.717) is 18.2 Å². The summed E-state index contributed by atoms with van der Waals surface area (Å²) in [4.78, 5) is 20.9. The van der Waals surface area contributed by atoms with E-state index in [9.17, 15) is 9.18 Å². The van der Waals surface area contributed by atoms with Gasteiger partial charge in [0, 0.05) is 43.4 Å². The summed E-state index contributed by atoms with van der Waals surface area (Å²) in [5.41, 5.74) is 3.94. The van der Waals surface area contributed by atoms with E-state index in [0.717, 1.165) is 44.5 Å². The number of rotatable bonds is 6. The van der Waals surface area contributed by atoms with Crippen molar-refractivity contribution in [2.45, 2.75) is 31.7 Å². The number of nitrogens with zero attached hydrogens (tertiary/aromatic N) is 3. The maximum atomic E-state index is 13.1. The summed E-state index contributed by atoms with van der Waals surface area (Å²) in [6.07, 6.45) is 8.35. The predicted octanol–water partition coefficient (Wildman–Crippen LogP) is 2.67. The molecule has 2 aromatic carbocycles. The predicted molar refractivity (Wildman–Crippen MR) is 119 cm³/mol. The van der Waals surface area contributed by atoms with Crippen LogP contribution in [0.1, 0.15) is 30.0 Å². The fourth-order valence-corrected chi connectivity index (χ4v) is 4.69. The molecule has 3 heterocycles. The number of hydrogen-bond donors (Lipinski definition) is 1. The van der Waals surface area contributed by atoms with E-state index in [2.05, 4.69) is 51.4 Å². The third-order valence-corrected chi connectivity index (χ3v) is 6.48. The van der Waals surface area contributed by atoms with Crippen molar-refractivity contribution >= 4 is 28.9 Å². The molecule has 158 valence electrons. The van der Waals surface area contributed by atoms with Crippen LogP contribution in [-0.4, -0.2) is 42.2 Å². The molecule has 31 heavy (non-hydrogen) atoms. The van der Waals surface area contributed by atoms with Crippen LogP contribution in [0.15, 0.2) is 64.7 Å². The summed E-state index contributed by atoms with van der Waals surface area (Å²) >= 11 is 0. The number of piperidine rings is 1. The number of amides is 1. The molecule has 5 rings (SSSR count). The Kier molecular flexibility index (Phi) is 5.47. The highest BCUT2D eigenvalue weighted by molar-refractivity contribution is 6.44. The van der Waals surface area contributed by atoms with Gasteiger partial charge in [0.25, 0.3) is 0 Å². The van der Waals surface area contributed by atoms with E-state index < -0.39 is 0 Å². The van der Waals surface area contributed by atoms with Crippen LogP contribution in [0.25, 0.3) is 10.9 Å². The summed E-state index contributed by atoms with van der Waals surface area (Å²) < 4.78 is 15.5. The monoisotopic (exact) mass is 416 g/mol. The van der Waals surface area contributed by atoms with Crippen LogP contribution in [0.4, 0.5) is 4.39 Å². The van der Waals surface area contributed by atoms with Crippen LogP contribution in [-0.2, 0) is 17.6 Å². The fraction of sp³-hybridized carbons (Fsp3) is 0.320. The van der Waals surface area contributed by atoms with E-state index in [4.69, 9.17) is 0 Å². The first-order chi connectivity index (χ1) is 15.2. The number of hydrogen-bond acceptors (Lipinski definition) is 2. The van der Waals surface area contributed by atoms with Gasteiger partial charge in [-0.2, -0.15) is 0 Å². The first-order valence-electron chi connectivity index (χ1n) is 10.9. The molecular weight excluding hydrogens is 391 g/mol. The lowest BCUT2D eigenvalue weighted by Crippen LogP contribution is -3.13. The van der Waals surface area contributed by atoms with Gasteiger partial charge in [0.1, 0.15) is 11.7 Å². The zero-order valence-electron chi connectivity index (χ0n) is 17.4. The zero-order chi connectivity index (χ0) is 21.2. The van der Waals surface area contributed by atoms with Gasteiger partial charge in [-0.1, -0.05) is 29.8 Å². The lowest BCUT2D eigenvalue weighted by molar-refractivity contribution is -0.905. The van der Waals surface area contributed by atoms with Gasteiger partial charge in [-0.25, -0.2) is 4.39 Å². The number of nitrogens with one attached hydrogen (secondary N) is 1. The minimum Gasteiger partial charge on any atom is -0.377 e. The van der Waals surface area contributed by atoms with E-state index in [1.165, 1.54) is 16.5 Å². The first kappa shape index (κ1) is 19.8. The Bertz CT molecular complexity index is 1150. The molecule has 2 aliphatic heterocycles. The van der Waals surface area contributed by atoms with E-state index in [1.807, 2.05) is 12.1 Å². The molecule has 0 spiro atoms. The second kappa shape index (κ2) is 8.55. The quantitative estimate of drug-likeness (QED) is 0.617.